The van der Waals surface area contributed by atoms with Crippen LogP contribution in [-0.2, 0) is 14.6 Å². The van der Waals surface area contributed by atoms with Crippen molar-refractivity contribution in [1.29, 1.82) is 5.26 Å². The van der Waals surface area contributed by atoms with Gasteiger partial charge in [-0.05, 0) is 36.8 Å². The van der Waals surface area contributed by atoms with E-state index < -0.39 is 26.4 Å². The van der Waals surface area contributed by atoms with Crippen LogP contribution in [0.1, 0.15) is 17.0 Å². The molecule has 1 fully saturated rings. The molecule has 5 nitrogen and oxygen atoms in total. The van der Waals surface area contributed by atoms with Crippen molar-refractivity contribution < 1.29 is 17.9 Å². The standard InChI is InChI=1S/C20H21NO4S/c1-14-4-10-17(11-5-14)26(22,23)19-18(20(19,12-21)13-24-2)15-6-8-16(25-3)9-7-15/h4-11,18-19H,13H2,1-3H3/t18-,19+,20-/m1/s1. The zero-order chi connectivity index (χ0) is 18.9. The van der Waals surface area contributed by atoms with Gasteiger partial charge in [-0.3, -0.25) is 0 Å². The maximum absolute atomic E-state index is 13.2. The molecule has 6 heteroatoms. The summed E-state index contributed by atoms with van der Waals surface area (Å²) < 4.78 is 36.8. The van der Waals surface area contributed by atoms with Crippen molar-refractivity contribution in [2.75, 3.05) is 20.8 Å². The third-order valence-electron chi connectivity index (χ3n) is 5.01. The van der Waals surface area contributed by atoms with Crippen LogP contribution in [0.4, 0.5) is 0 Å². The lowest BCUT2D eigenvalue weighted by Crippen LogP contribution is -2.19. The molecule has 2 aromatic carbocycles. The third kappa shape index (κ3) is 2.87. The molecule has 0 radical (unpaired) electrons. The highest BCUT2D eigenvalue weighted by molar-refractivity contribution is 7.92. The van der Waals surface area contributed by atoms with Crippen molar-refractivity contribution in [3.63, 3.8) is 0 Å². The predicted octanol–water partition coefficient (Wildman–Crippen LogP) is 3.10. The molecule has 0 saturated heterocycles. The van der Waals surface area contributed by atoms with E-state index in [0.29, 0.717) is 5.75 Å². The minimum Gasteiger partial charge on any atom is -0.497 e. The second-order valence-electron chi connectivity index (χ2n) is 6.61. The van der Waals surface area contributed by atoms with Crippen molar-refractivity contribution in [3.05, 3.63) is 59.7 Å². The fourth-order valence-corrected chi connectivity index (χ4v) is 5.90. The SMILES string of the molecule is COC[C@]1(C#N)[C@H](c2ccc(OC)cc2)[C@@H]1S(=O)(=O)c1ccc(C)cc1. The summed E-state index contributed by atoms with van der Waals surface area (Å²) in [6.07, 6.45) is 0. The highest BCUT2D eigenvalue weighted by Gasteiger charge is 2.72. The molecule has 2 aromatic rings. The smallest absolute Gasteiger partial charge is 0.183 e. The van der Waals surface area contributed by atoms with Gasteiger partial charge < -0.3 is 9.47 Å². The molecule has 3 rings (SSSR count). The topological polar surface area (TPSA) is 76.4 Å². The molecule has 3 atom stereocenters. The normalized spacial score (nSPS) is 24.7. The Hall–Kier alpha value is -2.36. The molecule has 1 aliphatic rings. The number of nitrogens with zero attached hydrogens (tertiary/aromatic N) is 1. The van der Waals surface area contributed by atoms with Crippen LogP contribution in [0, 0.1) is 23.7 Å². The van der Waals surface area contributed by atoms with E-state index in [1.54, 1.807) is 43.5 Å². The van der Waals surface area contributed by atoms with Gasteiger partial charge in [0, 0.05) is 13.0 Å². The predicted molar refractivity (Wildman–Crippen MR) is 97.8 cm³/mol. The first kappa shape index (κ1) is 18.4. The number of nitriles is 1. The molecule has 0 N–H and O–H groups in total. The zero-order valence-electron chi connectivity index (χ0n) is 15.0. The Morgan fingerprint density at radius 1 is 1.08 bits per heavy atom. The van der Waals surface area contributed by atoms with E-state index in [4.69, 9.17) is 9.47 Å². The molecule has 0 aliphatic heterocycles. The van der Waals surface area contributed by atoms with Gasteiger partial charge >= 0.3 is 0 Å². The molecular formula is C20H21NO4S. The highest BCUT2D eigenvalue weighted by atomic mass is 32.2. The largest absolute Gasteiger partial charge is 0.497 e. The number of aryl methyl sites for hydroxylation is 1. The van der Waals surface area contributed by atoms with E-state index in [-0.39, 0.29) is 11.5 Å². The molecule has 136 valence electrons. The number of hydrogen-bond donors (Lipinski definition) is 0. The quantitative estimate of drug-likeness (QED) is 0.780. The van der Waals surface area contributed by atoms with E-state index in [1.807, 2.05) is 19.1 Å². The lowest BCUT2D eigenvalue weighted by atomic mass is 10.0. The van der Waals surface area contributed by atoms with Crippen LogP contribution in [0.25, 0.3) is 0 Å². The Balaban J connectivity index is 2.05. The summed E-state index contributed by atoms with van der Waals surface area (Å²) in [5.74, 6) is 0.242. The molecular weight excluding hydrogens is 350 g/mol. The summed E-state index contributed by atoms with van der Waals surface area (Å²) in [6.45, 7) is 1.97. The van der Waals surface area contributed by atoms with E-state index >= 15 is 0 Å². The van der Waals surface area contributed by atoms with Gasteiger partial charge in [-0.15, -0.1) is 0 Å². The first-order valence-electron chi connectivity index (χ1n) is 8.25. The molecule has 0 amide bonds. The van der Waals surface area contributed by atoms with Gasteiger partial charge in [0.05, 0.1) is 29.9 Å². The Kier molecular flexibility index (Phi) is 4.78. The van der Waals surface area contributed by atoms with Crippen molar-refractivity contribution in [1.82, 2.24) is 0 Å². The number of hydrogen-bond acceptors (Lipinski definition) is 5. The minimum atomic E-state index is -3.67. The maximum atomic E-state index is 13.2. The van der Waals surface area contributed by atoms with Crippen LogP contribution in [0.2, 0.25) is 0 Å². The summed E-state index contributed by atoms with van der Waals surface area (Å²) >= 11 is 0. The van der Waals surface area contributed by atoms with Crippen LogP contribution in [0.15, 0.2) is 53.4 Å². The fourth-order valence-electron chi connectivity index (χ4n) is 3.59. The Morgan fingerprint density at radius 3 is 2.19 bits per heavy atom. The van der Waals surface area contributed by atoms with Gasteiger partial charge in [0.25, 0.3) is 0 Å². The molecule has 1 saturated carbocycles. The maximum Gasteiger partial charge on any atom is 0.183 e. The zero-order valence-corrected chi connectivity index (χ0v) is 15.8. The van der Waals surface area contributed by atoms with Crippen LogP contribution >= 0.6 is 0 Å². The molecule has 0 aromatic heterocycles. The molecule has 0 spiro atoms. The Morgan fingerprint density at radius 2 is 1.69 bits per heavy atom. The van der Waals surface area contributed by atoms with E-state index in [2.05, 4.69) is 6.07 Å². The average Bonchev–Trinajstić information content (AvgIpc) is 3.32. The molecule has 0 bridgehead atoms. The van der Waals surface area contributed by atoms with Crippen molar-refractivity contribution in [2.45, 2.75) is 23.0 Å². The van der Waals surface area contributed by atoms with Crippen molar-refractivity contribution in [2.24, 2.45) is 5.41 Å². The van der Waals surface area contributed by atoms with Crippen molar-refractivity contribution in [3.8, 4) is 11.8 Å². The third-order valence-corrected chi connectivity index (χ3v) is 7.30. The van der Waals surface area contributed by atoms with E-state index in [0.717, 1.165) is 11.1 Å². The van der Waals surface area contributed by atoms with Crippen LogP contribution in [0.5, 0.6) is 5.75 Å². The second-order valence-corrected chi connectivity index (χ2v) is 8.68. The first-order chi connectivity index (χ1) is 12.4. The van der Waals surface area contributed by atoms with Gasteiger partial charge in [-0.2, -0.15) is 5.26 Å². The molecule has 1 aliphatic carbocycles. The van der Waals surface area contributed by atoms with E-state index in [9.17, 15) is 13.7 Å². The number of ether oxygens (including phenoxy) is 2. The molecule has 0 unspecified atom stereocenters. The number of sulfone groups is 1. The second kappa shape index (κ2) is 6.75. The average molecular weight is 371 g/mol. The van der Waals surface area contributed by atoms with Gasteiger partial charge in [-0.1, -0.05) is 29.8 Å². The lowest BCUT2D eigenvalue weighted by Gasteiger charge is -2.08. The van der Waals surface area contributed by atoms with Gasteiger partial charge in [0.2, 0.25) is 0 Å². The highest BCUT2D eigenvalue weighted by Crippen LogP contribution is 2.63. The minimum absolute atomic E-state index is 0.0654. The Labute approximate surface area is 154 Å². The summed E-state index contributed by atoms with van der Waals surface area (Å²) in [7, 11) is -0.616. The molecule has 26 heavy (non-hydrogen) atoms. The van der Waals surface area contributed by atoms with Crippen LogP contribution in [0.3, 0.4) is 0 Å². The number of rotatable bonds is 6. The number of methoxy groups -OCH3 is 2. The Bertz CT molecular complexity index is 929. The lowest BCUT2D eigenvalue weighted by molar-refractivity contribution is 0.162. The first-order valence-corrected chi connectivity index (χ1v) is 9.80. The fraction of sp³-hybridized carbons (Fsp3) is 0.350. The number of benzene rings is 2. The summed E-state index contributed by atoms with van der Waals surface area (Å²) in [6, 6.07) is 16.1. The molecule has 0 heterocycles. The van der Waals surface area contributed by atoms with E-state index in [1.165, 1.54) is 7.11 Å². The van der Waals surface area contributed by atoms with Crippen LogP contribution in [-0.4, -0.2) is 34.5 Å². The van der Waals surface area contributed by atoms with Crippen molar-refractivity contribution >= 4 is 9.84 Å². The summed E-state index contributed by atoms with van der Waals surface area (Å²) in [4.78, 5) is 0.236. The van der Waals surface area contributed by atoms with Gasteiger partial charge in [0.15, 0.2) is 9.84 Å². The summed E-state index contributed by atoms with van der Waals surface area (Å²) in [5, 5.41) is 8.99. The summed E-state index contributed by atoms with van der Waals surface area (Å²) in [5.41, 5.74) is 0.688. The van der Waals surface area contributed by atoms with Gasteiger partial charge in [0.1, 0.15) is 11.2 Å². The van der Waals surface area contributed by atoms with Crippen LogP contribution < -0.4 is 4.74 Å². The van der Waals surface area contributed by atoms with Gasteiger partial charge in [-0.25, -0.2) is 8.42 Å². The monoisotopic (exact) mass is 371 g/mol.